The number of nitrogens with one attached hydrogen (secondary N) is 1. The summed E-state index contributed by atoms with van der Waals surface area (Å²) in [5.74, 6) is 0.336. The molecule has 0 atom stereocenters. The molecule has 0 bridgehead atoms. The van der Waals surface area contributed by atoms with Gasteiger partial charge >= 0.3 is 0 Å². The number of aryl methyl sites for hydroxylation is 1. The van der Waals surface area contributed by atoms with Crippen LogP contribution in [0.5, 0.6) is 0 Å². The quantitative estimate of drug-likeness (QED) is 0.457. The molecule has 1 aliphatic heterocycles. The normalized spacial score (nSPS) is 14.8. The lowest BCUT2D eigenvalue weighted by atomic mass is 9.90. The van der Waals surface area contributed by atoms with Crippen molar-refractivity contribution in [3.05, 3.63) is 70.2 Å². The molecule has 1 N–H and O–H groups in total. The van der Waals surface area contributed by atoms with Crippen molar-refractivity contribution in [2.45, 2.75) is 52.9 Å². The molecule has 0 aliphatic carbocycles. The van der Waals surface area contributed by atoms with Crippen LogP contribution in [-0.4, -0.2) is 34.8 Å². The molecule has 2 aromatic carbocycles. The van der Waals surface area contributed by atoms with Gasteiger partial charge in [0.15, 0.2) is 0 Å². The highest BCUT2D eigenvalue weighted by molar-refractivity contribution is 7.10. The second-order valence-electron chi connectivity index (χ2n) is 10.3. The fourth-order valence-corrected chi connectivity index (χ4v) is 5.30. The molecule has 0 spiro atoms. The molecule has 1 aromatic heterocycles. The van der Waals surface area contributed by atoms with Gasteiger partial charge < -0.3 is 10.2 Å². The van der Waals surface area contributed by atoms with E-state index in [1.165, 1.54) is 0 Å². The number of anilines is 1. The van der Waals surface area contributed by atoms with Crippen molar-refractivity contribution < 1.29 is 9.59 Å². The number of carbonyl (C=O) groups excluding carboxylic acids is 2. The first-order chi connectivity index (χ1) is 16.2. The maximum atomic E-state index is 13.0. The third-order valence-corrected chi connectivity index (χ3v) is 7.15. The Hall–Kier alpha value is -2.99. The molecule has 34 heavy (non-hydrogen) atoms. The maximum Gasteiger partial charge on any atom is 0.275 e. The Morgan fingerprint density at radius 3 is 2.47 bits per heavy atom. The Morgan fingerprint density at radius 2 is 1.79 bits per heavy atom. The van der Waals surface area contributed by atoms with Gasteiger partial charge in [0.1, 0.15) is 5.69 Å². The number of benzene rings is 2. The molecule has 5 nitrogen and oxygen atoms in total. The van der Waals surface area contributed by atoms with Crippen LogP contribution in [0.4, 0.5) is 5.69 Å². The second kappa shape index (κ2) is 10.1. The van der Waals surface area contributed by atoms with Gasteiger partial charge in [-0.2, -0.15) is 0 Å². The molecule has 6 heteroatoms. The van der Waals surface area contributed by atoms with Gasteiger partial charge in [0.05, 0.1) is 5.01 Å². The molecule has 3 aromatic rings. The third kappa shape index (κ3) is 5.92. The molecule has 2 amide bonds. The average Bonchev–Trinajstić information content (AvgIpc) is 3.30. The Kier molecular flexibility index (Phi) is 7.17. The van der Waals surface area contributed by atoms with E-state index in [-0.39, 0.29) is 17.2 Å². The zero-order valence-electron chi connectivity index (χ0n) is 20.4. The number of hydrogen-bond acceptors (Lipinski definition) is 4. The van der Waals surface area contributed by atoms with Gasteiger partial charge in [-0.25, -0.2) is 4.98 Å². The van der Waals surface area contributed by atoms with E-state index in [0.717, 1.165) is 53.3 Å². The topological polar surface area (TPSA) is 62.3 Å². The molecule has 178 valence electrons. The molecular formula is C28H33N3O2S. The van der Waals surface area contributed by atoms with Crippen LogP contribution in [0.1, 0.15) is 67.0 Å². The van der Waals surface area contributed by atoms with E-state index in [1.54, 1.807) is 11.3 Å². The van der Waals surface area contributed by atoms with Crippen LogP contribution in [0.2, 0.25) is 0 Å². The summed E-state index contributed by atoms with van der Waals surface area (Å²) in [5.41, 5.74) is 4.43. The number of thiazole rings is 1. The minimum absolute atomic E-state index is 0.00330. The van der Waals surface area contributed by atoms with Crippen LogP contribution in [-0.2, 0) is 4.79 Å². The summed E-state index contributed by atoms with van der Waals surface area (Å²) in [7, 11) is 0. The fraction of sp³-hybridized carbons (Fsp3) is 0.393. The first kappa shape index (κ1) is 24.1. The summed E-state index contributed by atoms with van der Waals surface area (Å²) in [4.78, 5) is 32.2. The number of rotatable bonds is 5. The minimum atomic E-state index is -0.193. The highest BCUT2D eigenvalue weighted by Gasteiger charge is 2.28. The fourth-order valence-electron chi connectivity index (χ4n) is 4.33. The summed E-state index contributed by atoms with van der Waals surface area (Å²) in [6.45, 7) is 9.85. The molecule has 1 fully saturated rings. The van der Waals surface area contributed by atoms with E-state index < -0.39 is 0 Å². The zero-order valence-corrected chi connectivity index (χ0v) is 21.2. The lowest BCUT2D eigenvalue weighted by molar-refractivity contribution is -0.134. The smallest absolute Gasteiger partial charge is 0.275 e. The van der Waals surface area contributed by atoms with Crippen molar-refractivity contribution in [1.29, 1.82) is 0 Å². The summed E-state index contributed by atoms with van der Waals surface area (Å²) in [6.07, 6.45) is 2.35. The van der Waals surface area contributed by atoms with Crippen molar-refractivity contribution in [1.82, 2.24) is 9.88 Å². The largest absolute Gasteiger partial charge is 0.343 e. The molecule has 0 saturated carbocycles. The third-order valence-electron chi connectivity index (χ3n) is 6.14. The summed E-state index contributed by atoms with van der Waals surface area (Å²) < 4.78 is 0. The van der Waals surface area contributed by atoms with E-state index in [0.29, 0.717) is 18.0 Å². The van der Waals surface area contributed by atoms with Gasteiger partial charge in [0, 0.05) is 42.1 Å². The maximum absolute atomic E-state index is 13.0. The molecular weight excluding hydrogens is 442 g/mol. The Morgan fingerprint density at radius 1 is 1.09 bits per heavy atom. The first-order valence-electron chi connectivity index (χ1n) is 11.9. The van der Waals surface area contributed by atoms with E-state index in [4.69, 9.17) is 0 Å². The van der Waals surface area contributed by atoms with Gasteiger partial charge in [-0.1, -0.05) is 62.7 Å². The van der Waals surface area contributed by atoms with Crippen LogP contribution < -0.4 is 5.32 Å². The molecule has 4 rings (SSSR count). The van der Waals surface area contributed by atoms with Crippen molar-refractivity contribution in [2.24, 2.45) is 5.41 Å². The van der Waals surface area contributed by atoms with Gasteiger partial charge in [0.2, 0.25) is 5.91 Å². The van der Waals surface area contributed by atoms with E-state index in [1.807, 2.05) is 59.7 Å². The summed E-state index contributed by atoms with van der Waals surface area (Å²) in [6, 6.07) is 16.1. The van der Waals surface area contributed by atoms with Crippen LogP contribution in [0, 0.1) is 12.3 Å². The van der Waals surface area contributed by atoms with Crippen molar-refractivity contribution in [3.63, 3.8) is 0 Å². The highest BCUT2D eigenvalue weighted by Crippen LogP contribution is 2.33. The van der Waals surface area contributed by atoms with Crippen LogP contribution in [0.25, 0.3) is 11.1 Å². The highest BCUT2D eigenvalue weighted by atomic mass is 32.1. The molecule has 0 radical (unpaired) electrons. The average molecular weight is 476 g/mol. The minimum Gasteiger partial charge on any atom is -0.343 e. The standard InChI is InChI=1S/C28H33N3O2S/c1-19-10-11-23(22(16-19)20-8-6-5-7-9-20)29-26(33)24-18-34-27(30-24)21-12-14-31(15-13-21)25(32)17-28(2,3)4/h5-11,16,18,21H,12-15,17H2,1-4H3,(H,29,33). The molecule has 2 heterocycles. The van der Waals surface area contributed by atoms with E-state index in [2.05, 4.69) is 37.1 Å². The lowest BCUT2D eigenvalue weighted by Gasteiger charge is -2.33. The van der Waals surface area contributed by atoms with E-state index >= 15 is 0 Å². The Bertz CT molecular complexity index is 1160. The Labute approximate surface area is 206 Å². The number of carbonyl (C=O) groups is 2. The second-order valence-corrected chi connectivity index (χ2v) is 11.2. The van der Waals surface area contributed by atoms with E-state index in [9.17, 15) is 9.59 Å². The van der Waals surface area contributed by atoms with Gasteiger partial charge in [-0.15, -0.1) is 11.3 Å². The number of likely N-dealkylation sites (tertiary alicyclic amines) is 1. The first-order valence-corrected chi connectivity index (χ1v) is 12.8. The number of amides is 2. The van der Waals surface area contributed by atoms with Crippen molar-refractivity contribution in [2.75, 3.05) is 18.4 Å². The molecule has 0 unspecified atom stereocenters. The number of piperidine rings is 1. The van der Waals surface area contributed by atoms with Crippen LogP contribution in [0.15, 0.2) is 53.9 Å². The SMILES string of the molecule is Cc1ccc(NC(=O)c2csc(C3CCN(C(=O)CC(C)(C)C)CC3)n2)c(-c2ccccc2)c1. The number of hydrogen-bond donors (Lipinski definition) is 1. The number of aromatic nitrogens is 1. The molecule has 1 aliphatic rings. The summed E-state index contributed by atoms with van der Waals surface area (Å²) in [5, 5.41) is 5.90. The molecule has 1 saturated heterocycles. The van der Waals surface area contributed by atoms with Gasteiger partial charge in [-0.3, -0.25) is 9.59 Å². The zero-order chi connectivity index (χ0) is 24.3. The van der Waals surface area contributed by atoms with Crippen molar-refractivity contribution in [3.8, 4) is 11.1 Å². The summed E-state index contributed by atoms with van der Waals surface area (Å²) >= 11 is 1.54. The van der Waals surface area contributed by atoms with Crippen LogP contribution in [0.3, 0.4) is 0 Å². The monoisotopic (exact) mass is 475 g/mol. The Balaban J connectivity index is 1.41. The lowest BCUT2D eigenvalue weighted by Crippen LogP contribution is -2.39. The predicted octanol–water partition coefficient (Wildman–Crippen LogP) is 6.51. The van der Waals surface area contributed by atoms with Crippen LogP contribution >= 0.6 is 11.3 Å². The van der Waals surface area contributed by atoms with Gasteiger partial charge in [-0.05, 0) is 42.9 Å². The predicted molar refractivity (Wildman–Crippen MR) is 139 cm³/mol. The van der Waals surface area contributed by atoms with Gasteiger partial charge in [0.25, 0.3) is 5.91 Å². The number of nitrogens with zero attached hydrogens (tertiary/aromatic N) is 2. The van der Waals surface area contributed by atoms with Crippen molar-refractivity contribution >= 4 is 28.8 Å².